The van der Waals surface area contributed by atoms with E-state index in [-0.39, 0.29) is 18.3 Å². The molecule has 0 aliphatic heterocycles. The fourth-order valence-electron chi connectivity index (χ4n) is 2.16. The fourth-order valence-corrected chi connectivity index (χ4v) is 2.16. The molecule has 0 spiro atoms. The van der Waals surface area contributed by atoms with Gasteiger partial charge in [0, 0.05) is 37.6 Å². The molecule has 0 aliphatic rings. The van der Waals surface area contributed by atoms with Gasteiger partial charge in [0.2, 0.25) is 0 Å². The first kappa shape index (κ1) is 19.0. The molecule has 23 heavy (non-hydrogen) atoms. The van der Waals surface area contributed by atoms with Crippen molar-refractivity contribution in [2.45, 2.75) is 13.5 Å². The van der Waals surface area contributed by atoms with Crippen LogP contribution in [0.5, 0.6) is 0 Å². The molecule has 0 aromatic heterocycles. The molecule has 0 fully saturated rings. The first-order valence-electron chi connectivity index (χ1n) is 7.48. The van der Waals surface area contributed by atoms with Crippen molar-refractivity contribution in [2.75, 3.05) is 30.9 Å². The van der Waals surface area contributed by atoms with Crippen LogP contribution >= 0.6 is 12.4 Å². The summed E-state index contributed by atoms with van der Waals surface area (Å²) in [5.74, 6) is -0.0932. The van der Waals surface area contributed by atoms with Crippen LogP contribution in [-0.2, 0) is 6.54 Å². The van der Waals surface area contributed by atoms with E-state index < -0.39 is 0 Å². The van der Waals surface area contributed by atoms with Crippen molar-refractivity contribution < 1.29 is 4.79 Å². The Labute approximate surface area is 144 Å². The molecule has 2 N–H and O–H groups in total. The van der Waals surface area contributed by atoms with Gasteiger partial charge in [-0.15, -0.1) is 12.4 Å². The Morgan fingerprint density at radius 1 is 1.09 bits per heavy atom. The molecule has 0 heterocycles. The average molecular weight is 334 g/mol. The summed E-state index contributed by atoms with van der Waals surface area (Å²) in [5.41, 5.74) is 3.63. The number of carbonyl (C=O) groups is 1. The van der Waals surface area contributed by atoms with Crippen molar-refractivity contribution in [1.82, 2.24) is 5.32 Å². The van der Waals surface area contributed by atoms with Gasteiger partial charge in [-0.3, -0.25) is 4.79 Å². The lowest BCUT2D eigenvalue weighted by Gasteiger charge is -2.13. The molecule has 0 bridgehead atoms. The quantitative estimate of drug-likeness (QED) is 0.850. The number of rotatable bonds is 6. The van der Waals surface area contributed by atoms with Crippen LogP contribution in [0.2, 0.25) is 0 Å². The summed E-state index contributed by atoms with van der Waals surface area (Å²) in [5, 5.41) is 6.23. The van der Waals surface area contributed by atoms with E-state index in [2.05, 4.69) is 17.6 Å². The molecule has 0 unspecified atom stereocenters. The highest BCUT2D eigenvalue weighted by Gasteiger charge is 2.08. The maximum atomic E-state index is 12.4. The van der Waals surface area contributed by atoms with Crippen LogP contribution in [0, 0.1) is 0 Å². The van der Waals surface area contributed by atoms with E-state index in [1.165, 1.54) is 0 Å². The molecule has 0 saturated carbocycles. The second-order valence-corrected chi connectivity index (χ2v) is 5.38. The van der Waals surface area contributed by atoms with Gasteiger partial charge in [0.25, 0.3) is 5.91 Å². The number of hydrogen-bond donors (Lipinski definition) is 2. The van der Waals surface area contributed by atoms with Gasteiger partial charge in [0.1, 0.15) is 0 Å². The van der Waals surface area contributed by atoms with Crippen molar-refractivity contribution in [2.24, 2.45) is 0 Å². The zero-order valence-electron chi connectivity index (χ0n) is 13.8. The molecule has 4 nitrogen and oxygen atoms in total. The predicted molar refractivity (Wildman–Crippen MR) is 99.8 cm³/mol. The van der Waals surface area contributed by atoms with Crippen LogP contribution in [0.4, 0.5) is 11.4 Å². The van der Waals surface area contributed by atoms with Crippen LogP contribution < -0.4 is 15.5 Å². The van der Waals surface area contributed by atoms with E-state index in [1.807, 2.05) is 67.5 Å². The Kier molecular flexibility index (Phi) is 7.59. The third-order valence-electron chi connectivity index (χ3n) is 3.39. The molecule has 0 atom stereocenters. The van der Waals surface area contributed by atoms with E-state index in [4.69, 9.17) is 0 Å². The largest absolute Gasteiger partial charge is 0.378 e. The highest BCUT2D eigenvalue weighted by molar-refractivity contribution is 6.04. The lowest BCUT2D eigenvalue weighted by Crippen LogP contribution is -2.15. The molecule has 2 rings (SSSR count). The van der Waals surface area contributed by atoms with Crippen LogP contribution in [0.3, 0.4) is 0 Å². The van der Waals surface area contributed by atoms with Crippen LogP contribution in [-0.4, -0.2) is 26.5 Å². The third kappa shape index (κ3) is 5.58. The summed E-state index contributed by atoms with van der Waals surface area (Å²) < 4.78 is 0. The first-order chi connectivity index (χ1) is 10.6. The summed E-state index contributed by atoms with van der Waals surface area (Å²) in [6.45, 7) is 3.80. The van der Waals surface area contributed by atoms with E-state index in [0.717, 1.165) is 30.0 Å². The molecule has 2 aromatic carbocycles. The maximum Gasteiger partial charge on any atom is 0.255 e. The summed E-state index contributed by atoms with van der Waals surface area (Å²) in [4.78, 5) is 14.3. The van der Waals surface area contributed by atoms with Crippen molar-refractivity contribution in [3.8, 4) is 0 Å². The van der Waals surface area contributed by atoms with Gasteiger partial charge in [0.05, 0.1) is 0 Å². The number of nitrogens with one attached hydrogen (secondary N) is 2. The van der Waals surface area contributed by atoms with Crippen LogP contribution in [0.1, 0.15) is 22.8 Å². The number of nitrogens with zero attached hydrogens (tertiary/aromatic N) is 1. The van der Waals surface area contributed by atoms with E-state index in [1.54, 1.807) is 0 Å². The van der Waals surface area contributed by atoms with Gasteiger partial charge in [-0.25, -0.2) is 0 Å². The molecule has 5 heteroatoms. The minimum absolute atomic E-state index is 0. The molecular weight excluding hydrogens is 310 g/mol. The van der Waals surface area contributed by atoms with Gasteiger partial charge in [-0.05, 0) is 42.4 Å². The Morgan fingerprint density at radius 2 is 1.83 bits per heavy atom. The molecule has 0 radical (unpaired) electrons. The van der Waals surface area contributed by atoms with Crippen LogP contribution in [0.25, 0.3) is 0 Å². The minimum Gasteiger partial charge on any atom is -0.378 e. The van der Waals surface area contributed by atoms with Gasteiger partial charge in [-0.1, -0.05) is 25.1 Å². The number of halogens is 1. The molecule has 2 aromatic rings. The molecule has 1 amide bonds. The zero-order valence-corrected chi connectivity index (χ0v) is 14.6. The summed E-state index contributed by atoms with van der Waals surface area (Å²) in [6, 6.07) is 15.5. The lowest BCUT2D eigenvalue weighted by atomic mass is 10.1. The summed E-state index contributed by atoms with van der Waals surface area (Å²) in [7, 11) is 3.92. The molecule has 0 aliphatic carbocycles. The van der Waals surface area contributed by atoms with E-state index in [9.17, 15) is 4.79 Å². The number of anilines is 2. The maximum absolute atomic E-state index is 12.4. The number of hydrogen-bond acceptors (Lipinski definition) is 3. The summed E-state index contributed by atoms with van der Waals surface area (Å²) in [6.07, 6.45) is 0. The Bertz CT molecular complexity index is 644. The Balaban J connectivity index is 0.00000264. The van der Waals surface area contributed by atoms with Gasteiger partial charge in [-0.2, -0.15) is 0 Å². The van der Waals surface area contributed by atoms with Crippen molar-refractivity contribution in [1.29, 1.82) is 0 Å². The molecular formula is C18H24ClN3O. The Hall–Kier alpha value is -2.04. The normalized spacial score (nSPS) is 9.87. The Morgan fingerprint density at radius 3 is 2.52 bits per heavy atom. The second-order valence-electron chi connectivity index (χ2n) is 5.38. The fraction of sp³-hybridized carbons (Fsp3) is 0.278. The van der Waals surface area contributed by atoms with Crippen molar-refractivity contribution >= 4 is 29.7 Å². The second kappa shape index (κ2) is 9.18. The van der Waals surface area contributed by atoms with Crippen molar-refractivity contribution in [3.63, 3.8) is 0 Å². The lowest BCUT2D eigenvalue weighted by molar-refractivity contribution is 0.102. The van der Waals surface area contributed by atoms with Crippen molar-refractivity contribution in [3.05, 3.63) is 59.7 Å². The minimum atomic E-state index is -0.0932. The van der Waals surface area contributed by atoms with E-state index >= 15 is 0 Å². The van der Waals surface area contributed by atoms with Crippen LogP contribution in [0.15, 0.2) is 48.5 Å². The van der Waals surface area contributed by atoms with E-state index in [0.29, 0.717) is 5.56 Å². The summed E-state index contributed by atoms with van der Waals surface area (Å²) >= 11 is 0. The van der Waals surface area contributed by atoms with Gasteiger partial charge < -0.3 is 15.5 Å². The third-order valence-corrected chi connectivity index (χ3v) is 3.39. The smallest absolute Gasteiger partial charge is 0.255 e. The highest BCUT2D eigenvalue weighted by atomic mass is 35.5. The monoisotopic (exact) mass is 333 g/mol. The highest BCUT2D eigenvalue weighted by Crippen LogP contribution is 2.16. The number of benzene rings is 2. The SMILES string of the molecule is CCNCc1cccc(NC(=O)c2cccc(N(C)C)c2)c1.Cl. The number of carbonyl (C=O) groups excluding carboxylic acids is 1. The van der Waals surface area contributed by atoms with Gasteiger partial charge >= 0.3 is 0 Å². The molecule has 124 valence electrons. The first-order valence-corrected chi connectivity index (χ1v) is 7.48. The standard InChI is InChI=1S/C18H23N3O.ClH/c1-4-19-13-14-7-5-9-16(11-14)20-18(22)15-8-6-10-17(12-15)21(2)3;/h5-12,19H,4,13H2,1-3H3,(H,20,22);1H. The van der Waals surface area contributed by atoms with Gasteiger partial charge in [0.15, 0.2) is 0 Å². The predicted octanol–water partition coefficient (Wildman–Crippen LogP) is 3.54. The number of amides is 1. The molecule has 0 saturated heterocycles. The average Bonchev–Trinajstić information content (AvgIpc) is 2.53. The zero-order chi connectivity index (χ0) is 15.9. The topological polar surface area (TPSA) is 44.4 Å².